The number of aromatic nitrogens is 1. The third kappa shape index (κ3) is 5.40. The van der Waals surface area contributed by atoms with Crippen LogP contribution < -0.4 is 15.9 Å². The van der Waals surface area contributed by atoms with E-state index in [-0.39, 0.29) is 10.7 Å². The van der Waals surface area contributed by atoms with Crippen molar-refractivity contribution >= 4 is 29.9 Å². The molecular formula is C20H23N5O5. The maximum absolute atomic E-state index is 12.7. The number of nitrogens with two attached hydrogens (primary N) is 1. The molecular weight excluding hydrogens is 390 g/mol. The fourth-order valence-corrected chi connectivity index (χ4v) is 2.58. The van der Waals surface area contributed by atoms with E-state index in [1.807, 2.05) is 18.2 Å². The van der Waals surface area contributed by atoms with Crippen LogP contribution in [0.1, 0.15) is 21.5 Å². The maximum Gasteiger partial charge on any atom is 0.293 e. The minimum atomic E-state index is -1.61. The molecule has 1 aromatic heterocycles. The Morgan fingerprint density at radius 3 is 2.23 bits per heavy atom. The summed E-state index contributed by atoms with van der Waals surface area (Å²) >= 11 is 0. The van der Waals surface area contributed by atoms with Gasteiger partial charge >= 0.3 is 0 Å². The average molecular weight is 413 g/mol. The molecule has 158 valence electrons. The molecule has 0 bridgehead atoms. The molecule has 2 rings (SSSR count). The van der Waals surface area contributed by atoms with E-state index < -0.39 is 23.8 Å². The first kappa shape index (κ1) is 22.5. The van der Waals surface area contributed by atoms with E-state index in [2.05, 4.69) is 10.3 Å². The van der Waals surface area contributed by atoms with Gasteiger partial charge in [-0.25, -0.2) is 10.8 Å². The molecule has 10 nitrogen and oxygen atoms in total. The second kappa shape index (κ2) is 10.1. The summed E-state index contributed by atoms with van der Waals surface area (Å²) in [4.78, 5) is 41.7. The van der Waals surface area contributed by atoms with Crippen LogP contribution in [0, 0.1) is 0 Å². The number of carbonyl (C=O) groups excluding carboxylic acids is 3. The number of benzene rings is 1. The van der Waals surface area contributed by atoms with Gasteiger partial charge in [-0.05, 0) is 29.3 Å². The highest BCUT2D eigenvalue weighted by molar-refractivity contribution is 6.08. The minimum Gasteiger partial charge on any atom is -0.481 e. The zero-order chi connectivity index (χ0) is 22.3. The molecule has 0 spiro atoms. The Kier molecular flexibility index (Phi) is 7.62. The molecule has 10 heteroatoms. The Morgan fingerprint density at radius 1 is 1.13 bits per heavy atom. The lowest BCUT2D eigenvalue weighted by atomic mass is 10.1. The number of amides is 3. The molecule has 0 aliphatic carbocycles. The molecule has 3 amide bonds. The molecule has 1 atom stereocenters. The highest BCUT2D eigenvalue weighted by Gasteiger charge is 2.35. The lowest BCUT2D eigenvalue weighted by molar-refractivity contribution is -0.172. The van der Waals surface area contributed by atoms with Crippen molar-refractivity contribution in [2.24, 2.45) is 5.84 Å². The van der Waals surface area contributed by atoms with Crippen molar-refractivity contribution in [2.45, 2.75) is 6.04 Å². The van der Waals surface area contributed by atoms with Crippen molar-refractivity contribution < 1.29 is 24.3 Å². The smallest absolute Gasteiger partial charge is 0.293 e. The van der Waals surface area contributed by atoms with Crippen LogP contribution in [0.3, 0.4) is 0 Å². The van der Waals surface area contributed by atoms with Crippen LogP contribution in [0.15, 0.2) is 42.6 Å². The van der Waals surface area contributed by atoms with Crippen LogP contribution in [0.4, 0.5) is 0 Å². The van der Waals surface area contributed by atoms with Crippen molar-refractivity contribution in [3.05, 3.63) is 59.3 Å². The van der Waals surface area contributed by atoms with Crippen LogP contribution in [-0.2, 0) is 9.59 Å². The number of hydrogen-bond acceptors (Lipinski definition) is 7. The summed E-state index contributed by atoms with van der Waals surface area (Å²) in [5, 5.41) is 11.2. The first-order valence-electron chi connectivity index (χ1n) is 8.83. The third-order valence-electron chi connectivity index (χ3n) is 4.26. The summed E-state index contributed by atoms with van der Waals surface area (Å²) in [7, 11) is 4.12. The quantitative estimate of drug-likeness (QED) is 0.198. The van der Waals surface area contributed by atoms with Gasteiger partial charge in [0.1, 0.15) is 0 Å². The summed E-state index contributed by atoms with van der Waals surface area (Å²) in [6.45, 7) is 0. The van der Waals surface area contributed by atoms with Gasteiger partial charge in [0.15, 0.2) is 6.04 Å². The Labute approximate surface area is 173 Å². The summed E-state index contributed by atoms with van der Waals surface area (Å²) in [5.74, 6) is 3.03. The van der Waals surface area contributed by atoms with Crippen LogP contribution in [0.25, 0.3) is 12.2 Å². The van der Waals surface area contributed by atoms with Gasteiger partial charge in [-0.3, -0.25) is 19.6 Å². The number of hydroxylamine groups is 1. The molecule has 4 N–H and O–H groups in total. The van der Waals surface area contributed by atoms with Gasteiger partial charge in [-0.15, -0.1) is 0 Å². The Hall–Kier alpha value is -3.76. The predicted octanol–water partition coefficient (Wildman–Crippen LogP) is 0.539. The minimum absolute atomic E-state index is 0.217. The fraction of sp³-hybridized carbons (Fsp3) is 0.200. The van der Waals surface area contributed by atoms with Crippen molar-refractivity contribution in [1.29, 1.82) is 0 Å². The maximum atomic E-state index is 12.7. The molecule has 1 heterocycles. The first-order valence-corrected chi connectivity index (χ1v) is 8.83. The number of hydrogen-bond donors (Lipinski definition) is 3. The van der Waals surface area contributed by atoms with Crippen molar-refractivity contribution in [1.82, 2.24) is 20.4 Å². The van der Waals surface area contributed by atoms with Crippen LogP contribution >= 0.6 is 0 Å². The topological polar surface area (TPSA) is 138 Å². The molecule has 0 aliphatic rings. The largest absolute Gasteiger partial charge is 0.481 e. The number of hydrazine groups is 1. The number of ether oxygens (including phenoxy) is 1. The van der Waals surface area contributed by atoms with E-state index in [4.69, 9.17) is 10.6 Å². The fourth-order valence-electron chi connectivity index (χ4n) is 2.58. The van der Waals surface area contributed by atoms with E-state index in [1.54, 1.807) is 43.6 Å². The van der Waals surface area contributed by atoms with E-state index in [9.17, 15) is 19.6 Å². The normalized spacial score (nSPS) is 11.6. The predicted molar refractivity (Wildman–Crippen MR) is 109 cm³/mol. The zero-order valence-corrected chi connectivity index (χ0v) is 16.8. The first-order chi connectivity index (χ1) is 14.3. The van der Waals surface area contributed by atoms with Gasteiger partial charge < -0.3 is 15.0 Å². The Balaban J connectivity index is 2.15. The van der Waals surface area contributed by atoms with Gasteiger partial charge in [0.25, 0.3) is 17.7 Å². The number of pyridine rings is 1. The average Bonchev–Trinajstić information content (AvgIpc) is 2.77. The summed E-state index contributed by atoms with van der Waals surface area (Å²) in [6, 6.07) is 8.55. The van der Waals surface area contributed by atoms with Crippen molar-refractivity contribution in [3.63, 3.8) is 0 Å². The second-order valence-corrected chi connectivity index (χ2v) is 6.20. The number of likely N-dealkylation sites (N-methyl/N-ethyl adjacent to an activating group) is 2. The lowest BCUT2D eigenvalue weighted by Gasteiger charge is -2.26. The third-order valence-corrected chi connectivity index (χ3v) is 4.26. The molecule has 0 fully saturated rings. The summed E-state index contributed by atoms with van der Waals surface area (Å²) in [5.41, 5.74) is 1.95. The van der Waals surface area contributed by atoms with E-state index >= 15 is 0 Å². The number of rotatable bonds is 7. The van der Waals surface area contributed by atoms with Crippen LogP contribution in [0.2, 0.25) is 0 Å². The number of nitrogens with zero attached hydrogens (tertiary/aromatic N) is 3. The molecule has 0 aliphatic heterocycles. The monoisotopic (exact) mass is 413 g/mol. The summed E-state index contributed by atoms with van der Waals surface area (Å²) in [6.07, 6.45) is 5.36. The lowest BCUT2D eigenvalue weighted by Crippen LogP contribution is -2.57. The standard InChI is InChI=1S/C20H23N5O5/c1-22-18(26)17(20(28)25(21)29)24(2)19(27)15-9-6-13(7-10-15)4-5-14-8-11-16(30-3)23-12-14/h4-12,17,29H,21H2,1-3H3,(H,22,26)/b5-4+. The van der Waals surface area contributed by atoms with Crippen LogP contribution in [-0.4, -0.2) is 65.2 Å². The number of methoxy groups -OCH3 is 1. The molecule has 0 saturated carbocycles. The highest BCUT2D eigenvalue weighted by Crippen LogP contribution is 2.14. The van der Waals surface area contributed by atoms with Crippen LogP contribution in [0.5, 0.6) is 5.88 Å². The van der Waals surface area contributed by atoms with Gasteiger partial charge in [-0.1, -0.05) is 24.3 Å². The van der Waals surface area contributed by atoms with Crippen molar-refractivity contribution in [3.8, 4) is 5.88 Å². The Morgan fingerprint density at radius 2 is 1.73 bits per heavy atom. The number of carbonyl (C=O) groups is 3. The van der Waals surface area contributed by atoms with Gasteiger partial charge in [-0.2, -0.15) is 5.17 Å². The zero-order valence-electron chi connectivity index (χ0n) is 16.8. The summed E-state index contributed by atoms with van der Waals surface area (Å²) < 4.78 is 5.01. The molecule has 30 heavy (non-hydrogen) atoms. The van der Waals surface area contributed by atoms with Gasteiger partial charge in [0.05, 0.1) is 7.11 Å². The van der Waals surface area contributed by atoms with Crippen molar-refractivity contribution in [2.75, 3.05) is 21.2 Å². The van der Waals surface area contributed by atoms with Gasteiger partial charge in [0, 0.05) is 31.9 Å². The van der Waals surface area contributed by atoms with Gasteiger partial charge in [0.2, 0.25) is 5.88 Å². The SMILES string of the molecule is CNC(=O)C(C(=O)N(N)O)N(C)C(=O)c1ccc(/C=C/c2ccc(OC)nc2)cc1. The van der Waals surface area contributed by atoms with E-state index in [0.29, 0.717) is 5.88 Å². The molecule has 0 saturated heterocycles. The van der Waals surface area contributed by atoms with E-state index in [1.165, 1.54) is 14.1 Å². The second-order valence-electron chi connectivity index (χ2n) is 6.20. The highest BCUT2D eigenvalue weighted by atomic mass is 16.5. The molecule has 1 aromatic carbocycles. The molecule has 2 aromatic rings. The number of nitrogens with one attached hydrogen (secondary N) is 1. The Bertz CT molecular complexity index is 926. The molecule has 1 unspecified atom stereocenters. The molecule has 0 radical (unpaired) electrons. The van der Waals surface area contributed by atoms with E-state index in [0.717, 1.165) is 16.0 Å².